The fourth-order valence-corrected chi connectivity index (χ4v) is 2.40. The smallest absolute Gasteiger partial charge is 0.168 e. The molecule has 0 atom stereocenters. The third kappa shape index (κ3) is 3.13. The van der Waals surface area contributed by atoms with E-state index in [1.54, 1.807) is 18.3 Å². The van der Waals surface area contributed by atoms with Gasteiger partial charge in [-0.25, -0.2) is 4.98 Å². The molecule has 0 saturated heterocycles. The van der Waals surface area contributed by atoms with E-state index >= 15 is 0 Å². The van der Waals surface area contributed by atoms with Crippen molar-refractivity contribution in [1.29, 1.82) is 0 Å². The summed E-state index contributed by atoms with van der Waals surface area (Å²) in [4.78, 5) is 4.49. The lowest BCUT2D eigenvalue weighted by Gasteiger charge is -1.99. The number of nitrogens with one attached hydrogen (secondary N) is 1. The molecule has 0 radical (unpaired) electrons. The van der Waals surface area contributed by atoms with Crippen molar-refractivity contribution < 1.29 is 0 Å². The molecule has 1 N–H and O–H groups in total. The Morgan fingerprint density at radius 3 is 2.90 bits per heavy atom. The fourth-order valence-electron chi connectivity index (χ4n) is 1.85. The zero-order chi connectivity index (χ0) is 14.8. The number of anilines is 1. The highest BCUT2D eigenvalue weighted by atomic mass is 127. The molecule has 0 amide bonds. The number of aryl methyl sites for hydroxylation is 1. The van der Waals surface area contributed by atoms with E-state index in [2.05, 4.69) is 48.3 Å². The Balaban J connectivity index is 1.87. The van der Waals surface area contributed by atoms with Crippen LogP contribution < -0.4 is 5.43 Å². The minimum atomic E-state index is 0.344. The summed E-state index contributed by atoms with van der Waals surface area (Å²) in [5, 5.41) is 12.1. The van der Waals surface area contributed by atoms with Crippen LogP contribution in [0.3, 0.4) is 0 Å². The van der Waals surface area contributed by atoms with Crippen molar-refractivity contribution in [2.24, 2.45) is 5.10 Å². The van der Waals surface area contributed by atoms with Gasteiger partial charge in [0.2, 0.25) is 0 Å². The van der Waals surface area contributed by atoms with Crippen LogP contribution in [0.25, 0.3) is 5.65 Å². The Morgan fingerprint density at radius 1 is 1.29 bits per heavy atom. The van der Waals surface area contributed by atoms with E-state index < -0.39 is 0 Å². The number of nitrogens with zero attached hydrogens (tertiary/aromatic N) is 5. The van der Waals surface area contributed by atoms with E-state index in [-0.39, 0.29) is 0 Å². The summed E-state index contributed by atoms with van der Waals surface area (Å²) in [6.45, 7) is 1.95. The first-order chi connectivity index (χ1) is 10.1. The Kier molecular flexibility index (Phi) is 4.02. The normalized spacial score (nSPS) is 11.4. The first kappa shape index (κ1) is 14.2. The molecule has 0 unspecified atom stereocenters. The van der Waals surface area contributed by atoms with Gasteiger partial charge in [0, 0.05) is 9.77 Å². The molecule has 3 aromatic rings. The molecule has 0 aromatic carbocycles. The second-order valence-corrected chi connectivity index (χ2v) is 5.90. The zero-order valence-corrected chi connectivity index (χ0v) is 13.9. The van der Waals surface area contributed by atoms with Crippen molar-refractivity contribution in [1.82, 2.24) is 19.6 Å². The van der Waals surface area contributed by atoms with Gasteiger partial charge < -0.3 is 0 Å². The molecule has 3 rings (SSSR count). The Bertz CT molecular complexity index is 811. The summed E-state index contributed by atoms with van der Waals surface area (Å²) in [6, 6.07) is 7.35. The van der Waals surface area contributed by atoms with Gasteiger partial charge in [-0.1, -0.05) is 11.6 Å². The van der Waals surface area contributed by atoms with Gasteiger partial charge in [0.1, 0.15) is 5.65 Å². The van der Waals surface area contributed by atoms with Crippen molar-refractivity contribution in [3.05, 3.63) is 50.6 Å². The van der Waals surface area contributed by atoms with Gasteiger partial charge in [0.05, 0.1) is 17.6 Å². The SMILES string of the molecule is Cc1nc2ccc(I)cn2c1/C=N\Nc1ccc(Cl)nn1. The Hall–Kier alpha value is -1.74. The maximum absolute atomic E-state index is 5.68. The van der Waals surface area contributed by atoms with E-state index in [0.29, 0.717) is 11.0 Å². The quantitative estimate of drug-likeness (QED) is 0.408. The molecule has 0 aliphatic carbocycles. The summed E-state index contributed by atoms with van der Waals surface area (Å²) in [5.74, 6) is 0.525. The van der Waals surface area contributed by atoms with Crippen molar-refractivity contribution >= 4 is 51.9 Å². The monoisotopic (exact) mass is 412 g/mol. The van der Waals surface area contributed by atoms with E-state index in [9.17, 15) is 0 Å². The predicted molar refractivity (Wildman–Crippen MR) is 90.9 cm³/mol. The van der Waals surface area contributed by atoms with Gasteiger partial charge >= 0.3 is 0 Å². The number of hydrogen-bond donors (Lipinski definition) is 1. The maximum Gasteiger partial charge on any atom is 0.168 e. The number of hydrazone groups is 1. The first-order valence-electron chi connectivity index (χ1n) is 6.06. The number of pyridine rings is 1. The molecule has 21 heavy (non-hydrogen) atoms. The maximum atomic E-state index is 5.68. The average Bonchev–Trinajstić information content (AvgIpc) is 2.77. The van der Waals surface area contributed by atoms with Crippen molar-refractivity contribution in [3.8, 4) is 0 Å². The Labute approximate surface area is 139 Å². The van der Waals surface area contributed by atoms with Gasteiger partial charge in [-0.2, -0.15) is 5.10 Å². The van der Waals surface area contributed by atoms with Crippen LogP contribution in [0.15, 0.2) is 35.6 Å². The molecular formula is C13H10ClIN6. The summed E-state index contributed by atoms with van der Waals surface area (Å²) in [6.07, 6.45) is 3.72. The van der Waals surface area contributed by atoms with Crippen LogP contribution in [0.1, 0.15) is 11.4 Å². The van der Waals surface area contributed by atoms with Crippen LogP contribution in [0.4, 0.5) is 5.82 Å². The molecule has 8 heteroatoms. The van der Waals surface area contributed by atoms with E-state index in [1.807, 2.05) is 29.7 Å². The summed E-state index contributed by atoms with van der Waals surface area (Å²) in [7, 11) is 0. The summed E-state index contributed by atoms with van der Waals surface area (Å²) < 4.78 is 3.12. The van der Waals surface area contributed by atoms with Gasteiger partial charge in [0.25, 0.3) is 0 Å². The molecule has 3 heterocycles. The standard InChI is InChI=1S/C13H10ClIN6/c1-8-10(21-7-9(15)2-5-13(21)17-8)6-16-19-12-4-3-11(14)18-20-12/h2-7H,1H3,(H,19,20)/b16-6-. The fraction of sp³-hybridized carbons (Fsp3) is 0.0769. The summed E-state index contributed by atoms with van der Waals surface area (Å²) >= 11 is 7.94. The minimum Gasteiger partial charge on any atom is -0.297 e. The second kappa shape index (κ2) is 5.94. The van der Waals surface area contributed by atoms with Crippen LogP contribution in [-0.4, -0.2) is 25.8 Å². The van der Waals surface area contributed by atoms with Gasteiger partial charge in [-0.05, 0) is 53.8 Å². The number of fused-ring (bicyclic) bond motifs is 1. The van der Waals surface area contributed by atoms with Crippen LogP contribution in [0.5, 0.6) is 0 Å². The van der Waals surface area contributed by atoms with Crippen LogP contribution in [-0.2, 0) is 0 Å². The highest BCUT2D eigenvalue weighted by molar-refractivity contribution is 14.1. The third-order valence-corrected chi connectivity index (χ3v) is 3.64. The van der Waals surface area contributed by atoms with Gasteiger partial charge in [-0.15, -0.1) is 10.2 Å². The average molecular weight is 413 g/mol. The second-order valence-electron chi connectivity index (χ2n) is 4.27. The van der Waals surface area contributed by atoms with Crippen molar-refractivity contribution in [2.45, 2.75) is 6.92 Å². The highest BCUT2D eigenvalue weighted by Crippen LogP contribution is 2.13. The van der Waals surface area contributed by atoms with E-state index in [4.69, 9.17) is 11.6 Å². The van der Waals surface area contributed by atoms with E-state index in [0.717, 1.165) is 20.6 Å². The number of imidazole rings is 1. The molecule has 0 bridgehead atoms. The zero-order valence-electron chi connectivity index (χ0n) is 11.0. The topological polar surface area (TPSA) is 67.5 Å². The summed E-state index contributed by atoms with van der Waals surface area (Å²) in [5.41, 5.74) is 5.52. The number of halogens is 2. The van der Waals surface area contributed by atoms with Gasteiger partial charge in [-0.3, -0.25) is 9.83 Å². The lowest BCUT2D eigenvalue weighted by Crippen LogP contribution is -1.98. The Morgan fingerprint density at radius 2 is 2.14 bits per heavy atom. The van der Waals surface area contributed by atoms with E-state index in [1.165, 1.54) is 0 Å². The van der Waals surface area contributed by atoms with Crippen LogP contribution >= 0.6 is 34.2 Å². The number of hydrogen-bond acceptors (Lipinski definition) is 5. The largest absolute Gasteiger partial charge is 0.297 e. The van der Waals surface area contributed by atoms with Crippen molar-refractivity contribution in [2.75, 3.05) is 5.43 Å². The lowest BCUT2D eigenvalue weighted by molar-refractivity contribution is 1.02. The first-order valence-corrected chi connectivity index (χ1v) is 7.52. The minimum absolute atomic E-state index is 0.344. The molecule has 0 aliphatic rings. The number of rotatable bonds is 3. The van der Waals surface area contributed by atoms with Crippen LogP contribution in [0.2, 0.25) is 5.15 Å². The molecule has 0 aliphatic heterocycles. The molecule has 3 aromatic heterocycles. The molecule has 0 fully saturated rings. The molecular weight excluding hydrogens is 403 g/mol. The third-order valence-electron chi connectivity index (χ3n) is 2.80. The molecule has 106 valence electrons. The predicted octanol–water partition coefficient (Wildman–Crippen LogP) is 3.14. The van der Waals surface area contributed by atoms with Gasteiger partial charge in [0.15, 0.2) is 11.0 Å². The highest BCUT2D eigenvalue weighted by Gasteiger charge is 2.06. The molecule has 0 spiro atoms. The number of aromatic nitrogens is 4. The lowest BCUT2D eigenvalue weighted by atomic mass is 10.4. The molecule has 0 saturated carbocycles. The van der Waals surface area contributed by atoms with Crippen LogP contribution in [0, 0.1) is 10.5 Å². The molecule has 6 nitrogen and oxygen atoms in total. The van der Waals surface area contributed by atoms with Crippen molar-refractivity contribution in [3.63, 3.8) is 0 Å².